The van der Waals surface area contributed by atoms with Gasteiger partial charge in [0.05, 0.1) is 40.7 Å². The zero-order valence-corrected chi connectivity index (χ0v) is 46.0. The molecule has 12 N–H and O–H groups in total. The van der Waals surface area contributed by atoms with E-state index in [2.05, 4.69) is 62.1 Å². The second-order valence-corrected chi connectivity index (χ2v) is 15.2. The monoisotopic (exact) mass is 1140 g/mol. The number of nitrogens with two attached hydrogens (primary N) is 4. The van der Waals surface area contributed by atoms with Gasteiger partial charge in [-0.05, 0) is 119 Å². The van der Waals surface area contributed by atoms with E-state index in [1.165, 1.54) is 19.2 Å². The topological polar surface area (TPSA) is 426 Å². The van der Waals surface area contributed by atoms with Gasteiger partial charge in [0, 0.05) is 71.2 Å². The number of anilines is 2. The lowest BCUT2D eigenvalue weighted by Gasteiger charge is -1.98. The summed E-state index contributed by atoms with van der Waals surface area (Å²) in [7, 11) is 8.22. The lowest BCUT2D eigenvalue weighted by Crippen LogP contribution is -2.12. The number of nitriles is 4. The summed E-state index contributed by atoms with van der Waals surface area (Å²) in [5.41, 5.74) is 28.2. The minimum Gasteiger partial charge on any atom is -0.494 e. The number of nitrogens with zero attached hydrogens (tertiary/aromatic N) is 9. The highest BCUT2D eigenvalue weighted by Crippen LogP contribution is 2.20. The van der Waals surface area contributed by atoms with Gasteiger partial charge in [0.25, 0.3) is 11.5 Å². The molecule has 6 heterocycles. The van der Waals surface area contributed by atoms with Crippen LogP contribution in [0.3, 0.4) is 0 Å². The molecule has 0 aromatic carbocycles. The van der Waals surface area contributed by atoms with Crippen LogP contribution in [0.2, 0.25) is 15.5 Å². The van der Waals surface area contributed by atoms with Crippen molar-refractivity contribution in [3.63, 3.8) is 0 Å². The molecule has 76 heavy (non-hydrogen) atoms. The number of nitrogen functional groups attached to an aromatic ring is 2. The van der Waals surface area contributed by atoms with Gasteiger partial charge in [0.15, 0.2) is 5.15 Å². The summed E-state index contributed by atoms with van der Waals surface area (Å²) in [5.74, 6) is -1.96. The molecule has 2 amide bonds. The number of esters is 1. The number of aromatic nitrogens is 6. The summed E-state index contributed by atoms with van der Waals surface area (Å²) in [6.45, 7) is 14.3. The number of halogens is 5. The molecule has 22 nitrogen and oxygen atoms in total. The number of nitrogens with one attached hydrogen (secondary N) is 1. The molecule has 0 spiro atoms. The number of aromatic hydroxyl groups is 1. The van der Waals surface area contributed by atoms with E-state index in [1.807, 2.05) is 58.0 Å². The van der Waals surface area contributed by atoms with E-state index in [9.17, 15) is 24.0 Å². The van der Waals surface area contributed by atoms with Gasteiger partial charge >= 0.3 is 5.97 Å². The van der Waals surface area contributed by atoms with Crippen molar-refractivity contribution in [3.8, 4) is 30.2 Å². The van der Waals surface area contributed by atoms with Gasteiger partial charge in [0.2, 0.25) is 11.8 Å². The first-order valence-corrected chi connectivity index (χ1v) is 23.1. The Labute approximate surface area is 463 Å². The van der Waals surface area contributed by atoms with Crippen LogP contribution >= 0.6 is 56.5 Å². The van der Waals surface area contributed by atoms with Gasteiger partial charge in [-0.15, -0.1) is 0 Å². The zero-order valence-electron chi connectivity index (χ0n) is 42.2. The van der Waals surface area contributed by atoms with Crippen LogP contribution in [0, 0.1) is 86.9 Å². The van der Waals surface area contributed by atoms with Crippen LogP contribution in [0.25, 0.3) is 0 Å². The first kappa shape index (κ1) is 74.1. The first-order valence-electron chi connectivity index (χ1n) is 20.9. The van der Waals surface area contributed by atoms with Gasteiger partial charge in [-0.1, -0.05) is 34.8 Å². The summed E-state index contributed by atoms with van der Waals surface area (Å²) < 4.78 is 4.49. The Morgan fingerprint density at radius 2 is 1.22 bits per heavy atom. The third-order valence-electron chi connectivity index (χ3n) is 8.24. The lowest BCUT2D eigenvalue weighted by molar-refractivity contribution is -0.145. The molecule has 0 aliphatic carbocycles. The largest absolute Gasteiger partial charge is 0.494 e. The number of carbonyl (C=O) groups is 4. The van der Waals surface area contributed by atoms with Crippen LogP contribution in [-0.4, -0.2) is 70.7 Å². The van der Waals surface area contributed by atoms with Gasteiger partial charge in [-0.2, -0.15) is 21.0 Å². The number of amides is 2. The number of H-pyrrole nitrogens is 1. The number of rotatable bonds is 5. The summed E-state index contributed by atoms with van der Waals surface area (Å²) in [4.78, 5) is 72.5. The molecule has 0 aliphatic rings. The Hall–Kier alpha value is -8.45. The molecule has 0 radical (unpaired) electrons. The third kappa shape index (κ3) is 33.3. The number of hydrogen-bond donors (Lipinski definition) is 6. The number of aryl methyl sites for hydroxylation is 6. The average molecular weight is 1150 g/mol. The molecule has 0 unspecified atom stereocenters. The second kappa shape index (κ2) is 43.0. The molecular weight excluding hydrogens is 1090 g/mol. The number of ether oxygens (including phenoxy) is 1. The minimum absolute atomic E-state index is 0. The van der Waals surface area contributed by atoms with Crippen molar-refractivity contribution in [1.29, 1.82) is 21.0 Å². The Balaban J connectivity index is -0.000000389. The molecule has 6 rings (SSSR count). The molecule has 6 aromatic rings. The Bertz CT molecular complexity index is 2940. The summed E-state index contributed by atoms with van der Waals surface area (Å²) in [5, 5.41) is 43.0. The van der Waals surface area contributed by atoms with Gasteiger partial charge in [0.1, 0.15) is 52.7 Å². The number of carbonyl (C=O) groups excluding carboxylic acids is 4. The number of primary amides is 2. The second-order valence-electron chi connectivity index (χ2n) is 14.1. The summed E-state index contributed by atoms with van der Waals surface area (Å²) >= 11 is 16.8. The Morgan fingerprint density at radius 1 is 0.711 bits per heavy atom. The van der Waals surface area contributed by atoms with E-state index in [-0.39, 0.29) is 40.7 Å². The van der Waals surface area contributed by atoms with E-state index >= 15 is 0 Å². The number of hydrogen-bond acceptors (Lipinski definition) is 18. The molecule has 404 valence electrons. The maximum Gasteiger partial charge on any atom is 0.313 e. The predicted molar refractivity (Wildman–Crippen MR) is 292 cm³/mol. The van der Waals surface area contributed by atoms with Crippen LogP contribution in [0.5, 0.6) is 5.88 Å². The molecule has 0 saturated carbocycles. The van der Waals surface area contributed by atoms with Crippen molar-refractivity contribution in [2.75, 3.05) is 18.1 Å². The summed E-state index contributed by atoms with van der Waals surface area (Å²) in [6, 6.07) is 17.5. The van der Waals surface area contributed by atoms with Crippen molar-refractivity contribution >= 4 is 91.5 Å². The maximum absolute atomic E-state index is 10.7. The standard InChI is InChI=1S/C7H4Cl2N2.C7H6N2O2.C7H8N2O.C7H6N2.C6H7ClN2.C6H8N2.C6H10O3.C3H4N2O.Cl2.H2O/c1-4-2-6(8)11-7(9)5(4)3-10;1-4-2-6(10)9-7(11)5(4)3-8;1-5-2-3-9-4-6(5)7(8)10;1-6-2-3-9-5-7(6)4-8;1-4-2-3-9-6(7)5(4)8;1-5-2-3-8-4-6(5)7;1-3-9-6(8)4-5(2)7;4-2-1-3(5)6;1-2;/h2H,1H3;2H,1H3,(H2,9,10,11);2-4H,1H3,(H2,8,10);2-3,5H,1H3;2-3H,8H2,1H3;2-4H,7H2,1H3;3-4H2,1-2H3;1H2,(H2,5,6);;1H2. The lowest BCUT2D eigenvalue weighted by atomic mass is 10.1. The zero-order chi connectivity index (χ0) is 58.2. The fraction of sp³-hybridized carbons (Fsp3) is 0.224. The van der Waals surface area contributed by atoms with E-state index in [4.69, 9.17) is 78.2 Å². The fourth-order valence-corrected chi connectivity index (χ4v) is 5.13. The molecule has 0 saturated heterocycles. The van der Waals surface area contributed by atoms with Crippen molar-refractivity contribution in [1.82, 2.24) is 29.9 Å². The predicted octanol–water partition coefficient (Wildman–Crippen LogP) is 7.65. The SMILES string of the molecule is CCOC(=O)CC(C)=O.Cc1cc(=O)[nH]c(O)c1C#N.Cc1cc(Cl)nc(Cl)c1C#N.Cc1ccnc(Cl)c1N.Cc1ccncc1C#N.Cc1ccncc1C(N)=O.Cc1ccncc1N.ClCl.N#CCC(N)=O.O. The van der Waals surface area contributed by atoms with Crippen LogP contribution in [0.4, 0.5) is 11.4 Å². The smallest absolute Gasteiger partial charge is 0.313 e. The maximum atomic E-state index is 10.7. The van der Waals surface area contributed by atoms with Gasteiger partial charge in [-0.25, -0.2) is 9.97 Å². The normalized spacial score (nSPS) is 8.59. The van der Waals surface area contributed by atoms with E-state index in [0.717, 1.165) is 33.5 Å². The molecule has 6 aromatic heterocycles. The molecule has 0 aliphatic heterocycles. The Morgan fingerprint density at radius 3 is 1.57 bits per heavy atom. The number of aromatic amines is 1. The fourth-order valence-electron chi connectivity index (χ4n) is 4.35. The highest BCUT2D eigenvalue weighted by molar-refractivity contribution is 6.85. The Kier molecular flexibility index (Phi) is 41.9. The number of Topliss-reactive ketones (excluding diaryl/α,β-unsaturated/α-hetero) is 1. The highest BCUT2D eigenvalue weighted by atomic mass is 36.5. The molecular formula is C49H55Cl5N14O8. The van der Waals surface area contributed by atoms with Crippen LogP contribution < -0.4 is 28.5 Å². The molecule has 27 heteroatoms. The van der Waals surface area contributed by atoms with E-state index in [0.29, 0.717) is 44.9 Å². The van der Waals surface area contributed by atoms with Gasteiger partial charge < -0.3 is 38.3 Å². The number of ketones is 1. The van der Waals surface area contributed by atoms with Crippen molar-refractivity contribution in [3.05, 3.63) is 161 Å². The summed E-state index contributed by atoms with van der Waals surface area (Å²) in [6.07, 6.45) is 11.1. The van der Waals surface area contributed by atoms with Crippen LogP contribution in [-0.2, 0) is 19.1 Å². The van der Waals surface area contributed by atoms with Crippen molar-refractivity contribution in [2.24, 2.45) is 11.5 Å². The van der Waals surface area contributed by atoms with Crippen molar-refractivity contribution < 1.29 is 34.5 Å². The molecule has 0 fully saturated rings. The molecule has 0 bridgehead atoms. The van der Waals surface area contributed by atoms with Gasteiger partial charge in [-0.3, -0.25) is 43.9 Å². The van der Waals surface area contributed by atoms with Crippen molar-refractivity contribution in [2.45, 2.75) is 68.2 Å². The number of pyridine rings is 6. The minimum atomic E-state index is -0.572. The van der Waals surface area contributed by atoms with Crippen LogP contribution in [0.1, 0.15) is 87.1 Å². The van der Waals surface area contributed by atoms with E-state index < -0.39 is 23.3 Å². The average Bonchev–Trinajstić information content (AvgIpc) is 3.33. The third-order valence-corrected chi connectivity index (χ3v) is 9.01. The molecule has 0 atom stereocenters. The quantitative estimate of drug-likeness (QED) is 0.0548. The highest BCUT2D eigenvalue weighted by Gasteiger charge is 2.07. The van der Waals surface area contributed by atoms with E-state index in [1.54, 1.807) is 82.2 Å². The first-order chi connectivity index (χ1) is 35.3. The van der Waals surface area contributed by atoms with Crippen LogP contribution in [0.15, 0.2) is 84.6 Å².